The van der Waals surface area contributed by atoms with Crippen LogP contribution in [0.1, 0.15) is 11.6 Å². The Morgan fingerprint density at radius 3 is 2.68 bits per heavy atom. The molecule has 8 heteroatoms. The fourth-order valence-corrected chi connectivity index (χ4v) is 3.67. The lowest BCUT2D eigenvalue weighted by atomic mass is 10.0. The fraction of sp³-hybridized carbons (Fsp3) is 0.130. The Kier molecular flexibility index (Phi) is 4.87. The molecule has 0 bridgehead atoms. The molecule has 0 spiro atoms. The normalized spacial score (nSPS) is 15.3. The molecule has 0 N–H and O–H groups in total. The van der Waals surface area contributed by atoms with Crippen molar-refractivity contribution >= 4 is 11.6 Å². The first kappa shape index (κ1) is 18.9. The van der Waals surface area contributed by atoms with E-state index in [-0.39, 0.29) is 30.1 Å². The third-order valence-corrected chi connectivity index (χ3v) is 5.10. The van der Waals surface area contributed by atoms with Crippen LogP contribution in [-0.4, -0.2) is 32.7 Å². The molecule has 0 fully saturated rings. The quantitative estimate of drug-likeness (QED) is 0.509. The van der Waals surface area contributed by atoms with Gasteiger partial charge in [-0.15, -0.1) is 10.2 Å². The van der Waals surface area contributed by atoms with E-state index in [1.54, 1.807) is 17.0 Å². The summed E-state index contributed by atoms with van der Waals surface area (Å²) in [6.45, 7) is 0.228. The minimum Gasteiger partial charge on any atom is -0.489 e. The second-order valence-corrected chi connectivity index (χ2v) is 7.12. The number of rotatable bonds is 4. The van der Waals surface area contributed by atoms with Gasteiger partial charge in [-0.3, -0.25) is 9.69 Å². The van der Waals surface area contributed by atoms with Crippen LogP contribution in [0.25, 0.3) is 11.4 Å². The molecule has 31 heavy (non-hydrogen) atoms. The van der Waals surface area contributed by atoms with E-state index in [9.17, 15) is 9.18 Å². The number of fused-ring (bicyclic) bond motifs is 1. The molecule has 0 saturated carbocycles. The summed E-state index contributed by atoms with van der Waals surface area (Å²) in [5.41, 5.74) is 2.16. The Morgan fingerprint density at radius 1 is 1.03 bits per heavy atom. The van der Waals surface area contributed by atoms with Crippen LogP contribution in [0.3, 0.4) is 0 Å². The van der Waals surface area contributed by atoms with Crippen LogP contribution < -0.4 is 9.64 Å². The number of carbonyl (C=O) groups is 1. The SMILES string of the molecule is O=C(Cn1nnc(-c2cccc(F)c2)n1)N1c2ccccc2OC[C@H]1c1ccccc1. The van der Waals surface area contributed by atoms with Crippen molar-refractivity contribution in [2.75, 3.05) is 11.5 Å². The Balaban J connectivity index is 1.45. The number of halogens is 1. The predicted molar refractivity (Wildman–Crippen MR) is 112 cm³/mol. The van der Waals surface area contributed by atoms with Crippen LogP contribution in [0.15, 0.2) is 78.9 Å². The van der Waals surface area contributed by atoms with Gasteiger partial charge in [-0.2, -0.15) is 4.80 Å². The van der Waals surface area contributed by atoms with E-state index in [0.717, 1.165) is 5.56 Å². The summed E-state index contributed by atoms with van der Waals surface area (Å²) in [4.78, 5) is 16.3. The maximum atomic E-state index is 13.5. The fourth-order valence-electron chi connectivity index (χ4n) is 3.67. The number of nitrogens with zero attached hydrogens (tertiary/aromatic N) is 5. The average Bonchev–Trinajstić information content (AvgIpc) is 3.27. The molecule has 1 atom stereocenters. The highest BCUT2D eigenvalue weighted by atomic mass is 19.1. The van der Waals surface area contributed by atoms with Crippen LogP contribution in [0.2, 0.25) is 0 Å². The topological polar surface area (TPSA) is 73.1 Å². The summed E-state index contributed by atoms with van der Waals surface area (Å²) in [5, 5.41) is 12.2. The van der Waals surface area contributed by atoms with Crippen molar-refractivity contribution < 1.29 is 13.9 Å². The van der Waals surface area contributed by atoms with Crippen molar-refractivity contribution in [3.8, 4) is 17.1 Å². The lowest BCUT2D eigenvalue weighted by Gasteiger charge is -2.37. The zero-order valence-electron chi connectivity index (χ0n) is 16.4. The van der Waals surface area contributed by atoms with Gasteiger partial charge in [0, 0.05) is 5.56 Å². The minimum atomic E-state index is -0.388. The van der Waals surface area contributed by atoms with Gasteiger partial charge in [0.25, 0.3) is 5.91 Å². The van der Waals surface area contributed by atoms with Crippen molar-refractivity contribution in [2.24, 2.45) is 0 Å². The summed E-state index contributed by atoms with van der Waals surface area (Å²) >= 11 is 0. The maximum absolute atomic E-state index is 13.5. The average molecular weight is 415 g/mol. The van der Waals surface area contributed by atoms with Gasteiger partial charge in [0.05, 0.1) is 11.7 Å². The first-order chi connectivity index (χ1) is 15.2. The minimum absolute atomic E-state index is 0.111. The summed E-state index contributed by atoms with van der Waals surface area (Å²) in [6.07, 6.45) is 0. The van der Waals surface area contributed by atoms with Gasteiger partial charge in [0.1, 0.15) is 24.7 Å². The molecule has 0 unspecified atom stereocenters. The molecule has 4 aromatic rings. The number of hydrogen-bond donors (Lipinski definition) is 0. The zero-order valence-corrected chi connectivity index (χ0v) is 16.4. The molecule has 1 aliphatic heterocycles. The van der Waals surface area contributed by atoms with E-state index in [0.29, 0.717) is 23.6 Å². The highest BCUT2D eigenvalue weighted by molar-refractivity contribution is 5.96. The Morgan fingerprint density at radius 2 is 1.84 bits per heavy atom. The number of anilines is 1. The predicted octanol–water partition coefficient (Wildman–Crippen LogP) is 3.65. The molecular formula is C23H18FN5O2. The summed E-state index contributed by atoms with van der Waals surface area (Å²) in [7, 11) is 0. The first-order valence-corrected chi connectivity index (χ1v) is 9.81. The van der Waals surface area contributed by atoms with Crippen LogP contribution in [-0.2, 0) is 11.3 Å². The third-order valence-electron chi connectivity index (χ3n) is 5.10. The maximum Gasteiger partial charge on any atom is 0.251 e. The molecule has 5 rings (SSSR count). The van der Waals surface area contributed by atoms with Crippen molar-refractivity contribution in [2.45, 2.75) is 12.6 Å². The Hall–Kier alpha value is -4.07. The number of para-hydroxylation sites is 2. The lowest BCUT2D eigenvalue weighted by Crippen LogP contribution is -2.43. The zero-order chi connectivity index (χ0) is 21.2. The Bertz CT molecular complexity index is 1230. The van der Waals surface area contributed by atoms with Gasteiger partial charge in [-0.1, -0.05) is 54.6 Å². The highest BCUT2D eigenvalue weighted by Gasteiger charge is 2.33. The molecule has 0 saturated heterocycles. The largest absolute Gasteiger partial charge is 0.489 e. The lowest BCUT2D eigenvalue weighted by molar-refractivity contribution is -0.120. The van der Waals surface area contributed by atoms with Gasteiger partial charge >= 0.3 is 0 Å². The molecule has 1 amide bonds. The second-order valence-electron chi connectivity index (χ2n) is 7.12. The number of tetrazole rings is 1. The van der Waals surface area contributed by atoms with E-state index in [2.05, 4.69) is 15.4 Å². The molecule has 3 aromatic carbocycles. The van der Waals surface area contributed by atoms with Crippen LogP contribution >= 0.6 is 0 Å². The molecule has 7 nitrogen and oxygen atoms in total. The van der Waals surface area contributed by atoms with E-state index in [4.69, 9.17) is 4.74 Å². The standard InChI is InChI=1S/C23H18FN5O2/c24-18-10-6-9-17(13-18)23-25-27-28(26-23)14-22(30)29-19-11-4-5-12-21(19)31-15-20(29)16-7-2-1-3-8-16/h1-13,20H,14-15H2/t20-/m0/s1. The van der Waals surface area contributed by atoms with E-state index < -0.39 is 0 Å². The summed E-state index contributed by atoms with van der Waals surface area (Å²) in [5.74, 6) is 0.317. The van der Waals surface area contributed by atoms with Gasteiger partial charge in [0.15, 0.2) is 0 Å². The van der Waals surface area contributed by atoms with E-state index in [1.165, 1.54) is 16.9 Å². The summed E-state index contributed by atoms with van der Waals surface area (Å²) in [6, 6.07) is 22.8. The molecule has 154 valence electrons. The Labute approximate surface area is 177 Å². The van der Waals surface area contributed by atoms with Crippen LogP contribution in [0, 0.1) is 5.82 Å². The number of amides is 1. The number of ether oxygens (including phenoxy) is 1. The molecule has 1 aliphatic rings. The highest BCUT2D eigenvalue weighted by Crippen LogP contribution is 2.39. The molecule has 0 aliphatic carbocycles. The van der Waals surface area contributed by atoms with Gasteiger partial charge in [0.2, 0.25) is 5.82 Å². The van der Waals surface area contributed by atoms with Crippen molar-refractivity contribution in [3.05, 3.63) is 90.2 Å². The second kappa shape index (κ2) is 7.98. The molecule has 2 heterocycles. The van der Waals surface area contributed by atoms with Gasteiger partial charge < -0.3 is 4.74 Å². The third kappa shape index (κ3) is 3.75. The van der Waals surface area contributed by atoms with E-state index in [1.807, 2.05) is 54.6 Å². The van der Waals surface area contributed by atoms with Gasteiger partial charge in [-0.25, -0.2) is 4.39 Å². The van der Waals surface area contributed by atoms with Crippen LogP contribution in [0.5, 0.6) is 5.75 Å². The molecular weight excluding hydrogens is 397 g/mol. The van der Waals surface area contributed by atoms with Crippen molar-refractivity contribution in [1.29, 1.82) is 0 Å². The molecule has 1 aromatic heterocycles. The van der Waals surface area contributed by atoms with E-state index >= 15 is 0 Å². The summed E-state index contributed by atoms with van der Waals surface area (Å²) < 4.78 is 19.4. The van der Waals surface area contributed by atoms with Crippen molar-refractivity contribution in [3.63, 3.8) is 0 Å². The van der Waals surface area contributed by atoms with Crippen molar-refractivity contribution in [1.82, 2.24) is 20.2 Å². The smallest absolute Gasteiger partial charge is 0.251 e. The number of benzene rings is 3. The number of carbonyl (C=O) groups excluding carboxylic acids is 1. The van der Waals surface area contributed by atoms with Crippen LogP contribution in [0.4, 0.5) is 10.1 Å². The first-order valence-electron chi connectivity index (χ1n) is 9.81. The molecule has 0 radical (unpaired) electrons. The number of aromatic nitrogens is 4. The monoisotopic (exact) mass is 415 g/mol. The number of hydrogen-bond acceptors (Lipinski definition) is 5. The van der Waals surface area contributed by atoms with Gasteiger partial charge in [-0.05, 0) is 35.0 Å².